The average Bonchev–Trinajstić information content (AvgIpc) is 3.76. The maximum absolute atomic E-state index is 11.9. The Morgan fingerprint density at radius 2 is 0.822 bits per heavy atom. The summed E-state index contributed by atoms with van der Waals surface area (Å²) in [5, 5.41) is 2.46. The second kappa shape index (κ2) is 9.83. The van der Waals surface area contributed by atoms with E-state index in [0.29, 0.717) is 50.9 Å². The SMILES string of the molecule is O=S(=O)([O-])c1ccc2c3nc4nc(nc5[n-]c(nc6nc(nc([n-]3)c2c1)-c1ccccc1-6)c1ccccc51)-c1ccccc1-4.[Co+2]. The minimum atomic E-state index is -4.74. The molecular formula is C32H15CoN8O3S-. The van der Waals surface area contributed by atoms with Crippen molar-refractivity contribution in [2.45, 2.75) is 4.90 Å². The summed E-state index contributed by atoms with van der Waals surface area (Å²) in [7, 11) is -4.74. The number of fused-ring (bicyclic) bond motifs is 20. The fourth-order valence-corrected chi connectivity index (χ4v) is 6.14. The predicted molar refractivity (Wildman–Crippen MR) is 162 cm³/mol. The van der Waals surface area contributed by atoms with Crippen molar-refractivity contribution in [2.75, 3.05) is 0 Å². The molecule has 217 valence electrons. The minimum Gasteiger partial charge on any atom is -0.744 e. The van der Waals surface area contributed by atoms with Gasteiger partial charge in [0.1, 0.15) is 10.1 Å². The molecule has 0 fully saturated rings. The van der Waals surface area contributed by atoms with Crippen LogP contribution in [-0.4, -0.2) is 42.9 Å². The van der Waals surface area contributed by atoms with Crippen molar-refractivity contribution in [1.82, 2.24) is 39.9 Å². The topological polar surface area (TPSA) is 163 Å². The van der Waals surface area contributed by atoms with Gasteiger partial charge < -0.3 is 34.5 Å². The Labute approximate surface area is 264 Å². The quantitative estimate of drug-likeness (QED) is 0.219. The fraction of sp³-hybridized carbons (Fsp3) is 0. The van der Waals surface area contributed by atoms with Crippen LogP contribution in [0.1, 0.15) is 0 Å². The first-order chi connectivity index (χ1) is 21.4. The van der Waals surface area contributed by atoms with Crippen molar-refractivity contribution >= 4 is 54.3 Å². The molecule has 7 aromatic rings. The van der Waals surface area contributed by atoms with E-state index in [0.717, 1.165) is 27.5 Å². The first-order valence-electron chi connectivity index (χ1n) is 13.5. The smallest absolute Gasteiger partial charge is 0.744 e. The van der Waals surface area contributed by atoms with E-state index >= 15 is 0 Å². The third-order valence-electron chi connectivity index (χ3n) is 7.68. The molecular weight excluding hydrogens is 635 g/mol. The van der Waals surface area contributed by atoms with Gasteiger partial charge in [-0.3, -0.25) is 0 Å². The third kappa shape index (κ3) is 4.24. The molecule has 0 atom stereocenters. The van der Waals surface area contributed by atoms with Crippen molar-refractivity contribution in [3.63, 3.8) is 0 Å². The molecule has 13 heteroatoms. The summed E-state index contributed by atoms with van der Waals surface area (Å²) in [6.45, 7) is 0. The molecule has 2 aliphatic heterocycles. The Hall–Kier alpha value is -5.34. The molecule has 2 aliphatic rings. The molecule has 0 unspecified atom stereocenters. The summed E-state index contributed by atoms with van der Waals surface area (Å²) in [6, 6.07) is 26.8. The molecule has 11 nitrogen and oxygen atoms in total. The molecule has 3 aromatic heterocycles. The van der Waals surface area contributed by atoms with Crippen molar-refractivity contribution in [3.05, 3.63) is 91.0 Å². The minimum absolute atomic E-state index is 0. The van der Waals surface area contributed by atoms with Crippen LogP contribution in [0.25, 0.3) is 89.7 Å². The van der Waals surface area contributed by atoms with Crippen molar-refractivity contribution in [1.29, 1.82) is 0 Å². The maximum atomic E-state index is 11.9. The van der Waals surface area contributed by atoms with E-state index in [9.17, 15) is 13.0 Å². The van der Waals surface area contributed by atoms with Gasteiger partial charge in [0.25, 0.3) is 0 Å². The van der Waals surface area contributed by atoms with Crippen LogP contribution >= 0.6 is 0 Å². The fourth-order valence-electron chi connectivity index (χ4n) is 5.64. The molecule has 0 N–H and O–H groups in total. The molecule has 0 spiro atoms. The first-order valence-corrected chi connectivity index (χ1v) is 14.9. The van der Waals surface area contributed by atoms with E-state index in [1.54, 1.807) is 0 Å². The number of nitrogens with zero attached hydrogens (tertiary/aromatic N) is 8. The average molecular weight is 651 g/mol. The normalized spacial score (nSPS) is 12.1. The Bertz CT molecular complexity index is 2660. The number of hydrogen-bond donors (Lipinski definition) is 0. The molecule has 1 radical (unpaired) electrons. The summed E-state index contributed by atoms with van der Waals surface area (Å²) in [6.07, 6.45) is 0. The molecule has 0 saturated heterocycles. The maximum Gasteiger partial charge on any atom is 2.00 e. The van der Waals surface area contributed by atoms with Crippen molar-refractivity contribution in [2.24, 2.45) is 0 Å². The van der Waals surface area contributed by atoms with Crippen LogP contribution in [0.4, 0.5) is 0 Å². The largest absolute Gasteiger partial charge is 2.00 e. The Morgan fingerprint density at radius 3 is 1.22 bits per heavy atom. The first kappa shape index (κ1) is 27.2. The number of rotatable bonds is 1. The standard InChI is InChI=1S/C32H16N8O3S.Co/c41-44(42,43)16-13-14-23-24(15-16)32-39-30-22-12-6-5-11-21(22)28(37-30)35-26-18-8-2-1-7-17(18)25(33-26)34-27-19-9-3-4-10-20(19)29(36-27)38-31(23)40-32;/h1-15H,(H-2,33,34,35,36,37,38,39,40,41,42,43);/q-2;+2/p-1. The van der Waals surface area contributed by atoms with E-state index in [2.05, 4.69) is 0 Å². The number of hydrogen-bond acceptors (Lipinski definition) is 9. The van der Waals surface area contributed by atoms with Gasteiger partial charge in [0, 0.05) is 44.8 Å². The zero-order valence-electron chi connectivity index (χ0n) is 22.7. The summed E-state index contributed by atoms with van der Waals surface area (Å²) in [5.41, 5.74) is 4.32. The molecule has 4 aromatic carbocycles. The van der Waals surface area contributed by atoms with Gasteiger partial charge in [-0.05, 0) is 33.7 Å². The van der Waals surface area contributed by atoms with Gasteiger partial charge in [-0.15, -0.1) is 0 Å². The summed E-state index contributed by atoms with van der Waals surface area (Å²) in [5.74, 6) is 1.54. The molecule has 5 heterocycles. The molecule has 8 bridgehead atoms. The van der Waals surface area contributed by atoms with E-state index in [1.807, 2.05) is 72.8 Å². The van der Waals surface area contributed by atoms with E-state index in [1.165, 1.54) is 18.2 Å². The third-order valence-corrected chi connectivity index (χ3v) is 8.51. The Kier molecular flexibility index (Phi) is 5.95. The van der Waals surface area contributed by atoms with Gasteiger partial charge in [0.15, 0.2) is 0 Å². The van der Waals surface area contributed by atoms with Gasteiger partial charge in [-0.25, -0.2) is 18.4 Å². The van der Waals surface area contributed by atoms with Gasteiger partial charge in [-0.1, -0.05) is 78.9 Å². The van der Waals surface area contributed by atoms with Crippen LogP contribution in [0.5, 0.6) is 0 Å². The monoisotopic (exact) mass is 650 g/mol. The van der Waals surface area contributed by atoms with Gasteiger partial charge in [-0.2, -0.15) is 0 Å². The summed E-state index contributed by atoms with van der Waals surface area (Å²) < 4.78 is 35.8. The second-order valence-electron chi connectivity index (χ2n) is 10.3. The number of benzene rings is 4. The Balaban J connectivity index is 0.00000300. The summed E-state index contributed by atoms with van der Waals surface area (Å²) >= 11 is 0. The zero-order valence-corrected chi connectivity index (χ0v) is 24.6. The molecule has 0 aliphatic carbocycles. The summed E-state index contributed by atoms with van der Waals surface area (Å²) in [4.78, 5) is 38.0. The van der Waals surface area contributed by atoms with Crippen LogP contribution in [0, 0.1) is 0 Å². The van der Waals surface area contributed by atoms with Gasteiger partial charge in [0.2, 0.25) is 0 Å². The molecule has 0 saturated carbocycles. The molecule has 0 amide bonds. The van der Waals surface area contributed by atoms with E-state index in [-0.39, 0.29) is 28.1 Å². The second-order valence-corrected chi connectivity index (χ2v) is 11.7. The predicted octanol–water partition coefficient (Wildman–Crippen LogP) is 5.03. The molecule has 45 heavy (non-hydrogen) atoms. The Morgan fingerprint density at radius 1 is 0.467 bits per heavy atom. The van der Waals surface area contributed by atoms with E-state index in [4.69, 9.17) is 39.9 Å². The van der Waals surface area contributed by atoms with Crippen molar-refractivity contribution in [3.8, 4) is 45.6 Å². The van der Waals surface area contributed by atoms with Crippen LogP contribution < -0.4 is 9.97 Å². The van der Waals surface area contributed by atoms with Crippen LogP contribution in [-0.2, 0) is 26.9 Å². The molecule has 9 rings (SSSR count). The van der Waals surface area contributed by atoms with Gasteiger partial charge in [0.05, 0.1) is 28.2 Å². The van der Waals surface area contributed by atoms with Gasteiger partial charge >= 0.3 is 16.8 Å². The van der Waals surface area contributed by atoms with E-state index < -0.39 is 15.0 Å². The van der Waals surface area contributed by atoms with Crippen molar-refractivity contribution < 1.29 is 29.7 Å². The number of aromatic nitrogens is 8. The zero-order chi connectivity index (χ0) is 29.6. The van der Waals surface area contributed by atoms with Crippen LogP contribution in [0.2, 0.25) is 0 Å². The van der Waals surface area contributed by atoms with Crippen LogP contribution in [0.3, 0.4) is 0 Å². The van der Waals surface area contributed by atoms with Crippen LogP contribution in [0.15, 0.2) is 95.9 Å².